The number of ether oxygens (including phenoxy) is 1. The summed E-state index contributed by atoms with van der Waals surface area (Å²) in [6.45, 7) is 1.44. The number of nitrogens with one attached hydrogen (secondary N) is 1. The molecule has 1 unspecified atom stereocenters. The number of hydrogen-bond donors (Lipinski definition) is 2. The smallest absolute Gasteiger partial charge is 0.407 e. The Labute approximate surface area is 199 Å². The van der Waals surface area contributed by atoms with Crippen LogP contribution in [0.1, 0.15) is 49.1 Å². The monoisotopic (exact) mass is 462 g/mol. The molecule has 1 atom stereocenters. The first-order chi connectivity index (χ1) is 16.5. The lowest BCUT2D eigenvalue weighted by molar-refractivity contribution is -0.146. The molecule has 178 valence electrons. The summed E-state index contributed by atoms with van der Waals surface area (Å²) in [4.78, 5) is 38.2. The van der Waals surface area contributed by atoms with E-state index < -0.39 is 18.0 Å². The molecular formula is C27H30N2O5. The van der Waals surface area contributed by atoms with E-state index in [1.54, 1.807) is 4.90 Å². The normalized spacial score (nSPS) is 19.9. The maximum Gasteiger partial charge on any atom is 0.407 e. The summed E-state index contributed by atoms with van der Waals surface area (Å²) in [5.74, 6) is -1.28. The van der Waals surface area contributed by atoms with Gasteiger partial charge in [0.05, 0.1) is 5.92 Å². The van der Waals surface area contributed by atoms with Crippen LogP contribution in [-0.4, -0.2) is 54.2 Å². The van der Waals surface area contributed by atoms with E-state index in [1.807, 2.05) is 24.3 Å². The fourth-order valence-corrected chi connectivity index (χ4v) is 5.87. The Hall–Kier alpha value is -3.35. The highest BCUT2D eigenvalue weighted by Crippen LogP contribution is 2.51. The standard InChI is InChI=1S/C27H30N2O5/c30-24(29-15-23(25(31)32)27(17-29)12-6-13-27)11-5-14-28-26(33)34-16-22-20-9-3-1-7-18(20)19-8-2-4-10-21(19)22/h1-4,7-10,22-23H,5-6,11-17H2,(H,28,33)(H,31,32). The van der Waals surface area contributed by atoms with E-state index in [2.05, 4.69) is 29.6 Å². The fraction of sp³-hybridized carbons (Fsp3) is 0.444. The van der Waals surface area contributed by atoms with Crippen molar-refractivity contribution < 1.29 is 24.2 Å². The molecule has 2 aromatic rings. The van der Waals surface area contributed by atoms with Crippen molar-refractivity contribution in [1.82, 2.24) is 10.2 Å². The Kier molecular flexibility index (Phi) is 6.02. The lowest BCUT2D eigenvalue weighted by atomic mass is 9.63. The van der Waals surface area contributed by atoms with Crippen molar-refractivity contribution in [3.8, 4) is 11.1 Å². The van der Waals surface area contributed by atoms with E-state index in [9.17, 15) is 19.5 Å². The van der Waals surface area contributed by atoms with Gasteiger partial charge in [-0.25, -0.2) is 4.79 Å². The number of likely N-dealkylation sites (tertiary alicyclic amines) is 1. The van der Waals surface area contributed by atoms with E-state index >= 15 is 0 Å². The number of hydrogen-bond acceptors (Lipinski definition) is 4. The highest BCUT2D eigenvalue weighted by atomic mass is 16.5. The minimum absolute atomic E-state index is 0.0101. The molecule has 2 amide bonds. The van der Waals surface area contributed by atoms with Crippen molar-refractivity contribution in [2.24, 2.45) is 11.3 Å². The third kappa shape index (κ3) is 4.04. The molecule has 34 heavy (non-hydrogen) atoms. The number of carbonyl (C=O) groups is 3. The average Bonchev–Trinajstić information content (AvgIpc) is 3.38. The molecule has 7 heteroatoms. The molecule has 5 rings (SSSR count). The van der Waals surface area contributed by atoms with Crippen molar-refractivity contribution in [3.63, 3.8) is 0 Å². The largest absolute Gasteiger partial charge is 0.481 e. The average molecular weight is 463 g/mol. The SMILES string of the molecule is O=C(NCCCC(=O)N1CC(C(=O)O)C2(CCC2)C1)OCC1c2ccccc2-c2ccccc21. The molecule has 0 bridgehead atoms. The summed E-state index contributed by atoms with van der Waals surface area (Å²) in [6, 6.07) is 16.4. The van der Waals surface area contributed by atoms with Crippen LogP contribution in [0.25, 0.3) is 11.1 Å². The molecular weight excluding hydrogens is 432 g/mol. The van der Waals surface area contributed by atoms with Gasteiger partial charge in [0.25, 0.3) is 0 Å². The Bertz CT molecular complexity index is 1060. The maximum absolute atomic E-state index is 12.6. The predicted molar refractivity (Wildman–Crippen MR) is 126 cm³/mol. The van der Waals surface area contributed by atoms with Crippen molar-refractivity contribution in [3.05, 3.63) is 59.7 Å². The van der Waals surface area contributed by atoms with Crippen molar-refractivity contribution in [2.75, 3.05) is 26.2 Å². The molecule has 1 aliphatic heterocycles. The molecule has 0 aromatic heterocycles. The van der Waals surface area contributed by atoms with Gasteiger partial charge in [-0.15, -0.1) is 0 Å². The number of nitrogens with zero attached hydrogens (tertiary/aromatic N) is 1. The van der Waals surface area contributed by atoms with E-state index in [0.29, 0.717) is 26.1 Å². The number of benzene rings is 2. The van der Waals surface area contributed by atoms with Gasteiger partial charge in [0.2, 0.25) is 5.91 Å². The van der Waals surface area contributed by atoms with Crippen LogP contribution in [0.4, 0.5) is 4.79 Å². The van der Waals surface area contributed by atoms with Gasteiger partial charge in [0.1, 0.15) is 6.61 Å². The highest BCUT2D eigenvalue weighted by Gasteiger charge is 2.54. The molecule has 2 aromatic carbocycles. The number of aliphatic carboxylic acids is 1. The van der Waals surface area contributed by atoms with Crippen LogP contribution in [0.15, 0.2) is 48.5 Å². The minimum Gasteiger partial charge on any atom is -0.481 e. The van der Waals surface area contributed by atoms with Gasteiger partial charge in [0.15, 0.2) is 0 Å². The molecule has 1 saturated heterocycles. The number of carboxylic acid groups (broad SMARTS) is 1. The number of carbonyl (C=O) groups excluding carboxylic acids is 2. The second-order valence-corrected chi connectivity index (χ2v) is 9.74. The number of fused-ring (bicyclic) bond motifs is 3. The minimum atomic E-state index is -0.799. The lowest BCUT2D eigenvalue weighted by Crippen LogP contribution is -2.41. The molecule has 3 aliphatic rings. The molecule has 1 saturated carbocycles. The van der Waals surface area contributed by atoms with Crippen LogP contribution in [-0.2, 0) is 14.3 Å². The van der Waals surface area contributed by atoms with Crippen LogP contribution in [0.2, 0.25) is 0 Å². The van der Waals surface area contributed by atoms with Gasteiger partial charge in [-0.05, 0) is 41.5 Å². The zero-order chi connectivity index (χ0) is 23.7. The first kappa shape index (κ1) is 22.4. The molecule has 7 nitrogen and oxygen atoms in total. The zero-order valence-corrected chi connectivity index (χ0v) is 19.2. The van der Waals surface area contributed by atoms with Crippen LogP contribution in [0.3, 0.4) is 0 Å². The first-order valence-electron chi connectivity index (χ1n) is 12.1. The Balaban J connectivity index is 1.07. The number of rotatable bonds is 7. The lowest BCUT2D eigenvalue weighted by Gasteiger charge is -2.40. The summed E-state index contributed by atoms with van der Waals surface area (Å²) < 4.78 is 5.53. The molecule has 1 heterocycles. The van der Waals surface area contributed by atoms with Gasteiger partial charge in [-0.2, -0.15) is 0 Å². The number of amides is 2. The van der Waals surface area contributed by atoms with Gasteiger partial charge in [-0.3, -0.25) is 9.59 Å². The molecule has 1 spiro atoms. The summed E-state index contributed by atoms with van der Waals surface area (Å²) in [7, 11) is 0. The topological polar surface area (TPSA) is 95.9 Å². The van der Waals surface area contributed by atoms with E-state index in [-0.39, 0.29) is 30.3 Å². The fourth-order valence-electron chi connectivity index (χ4n) is 5.87. The summed E-state index contributed by atoms with van der Waals surface area (Å²) in [5, 5.41) is 12.3. The molecule has 2 aliphatic carbocycles. The second kappa shape index (κ2) is 9.12. The van der Waals surface area contributed by atoms with Gasteiger partial charge in [0, 0.05) is 37.4 Å². The summed E-state index contributed by atoms with van der Waals surface area (Å²) >= 11 is 0. The Morgan fingerprint density at radius 2 is 1.68 bits per heavy atom. The van der Waals surface area contributed by atoms with Crippen molar-refractivity contribution in [1.29, 1.82) is 0 Å². The molecule has 2 fully saturated rings. The highest BCUT2D eigenvalue weighted by molar-refractivity contribution is 5.80. The summed E-state index contributed by atoms with van der Waals surface area (Å²) in [6.07, 6.45) is 3.09. The predicted octanol–water partition coefficient (Wildman–Crippen LogP) is 4.02. The maximum atomic E-state index is 12.6. The third-order valence-corrected chi connectivity index (χ3v) is 7.83. The summed E-state index contributed by atoms with van der Waals surface area (Å²) in [5.41, 5.74) is 4.47. The van der Waals surface area contributed by atoms with Crippen LogP contribution in [0, 0.1) is 11.3 Å². The number of carboxylic acids is 1. The van der Waals surface area contributed by atoms with Gasteiger partial charge in [-0.1, -0.05) is 55.0 Å². The van der Waals surface area contributed by atoms with Crippen molar-refractivity contribution >= 4 is 18.0 Å². The molecule has 2 N–H and O–H groups in total. The number of alkyl carbamates (subject to hydrolysis) is 1. The van der Waals surface area contributed by atoms with E-state index in [0.717, 1.165) is 30.4 Å². The quantitative estimate of drug-likeness (QED) is 0.606. The van der Waals surface area contributed by atoms with Crippen LogP contribution < -0.4 is 5.32 Å². The molecule has 0 radical (unpaired) electrons. The van der Waals surface area contributed by atoms with Gasteiger partial charge >= 0.3 is 12.1 Å². The zero-order valence-electron chi connectivity index (χ0n) is 19.2. The first-order valence-corrected chi connectivity index (χ1v) is 12.1. The second-order valence-electron chi connectivity index (χ2n) is 9.74. The van der Waals surface area contributed by atoms with Crippen LogP contribution >= 0.6 is 0 Å². The van der Waals surface area contributed by atoms with E-state index in [1.165, 1.54) is 11.1 Å². The van der Waals surface area contributed by atoms with Crippen LogP contribution in [0.5, 0.6) is 0 Å². The Morgan fingerprint density at radius 3 is 2.24 bits per heavy atom. The Morgan fingerprint density at radius 1 is 1.03 bits per heavy atom. The third-order valence-electron chi connectivity index (χ3n) is 7.83. The van der Waals surface area contributed by atoms with E-state index in [4.69, 9.17) is 4.74 Å². The van der Waals surface area contributed by atoms with Crippen molar-refractivity contribution in [2.45, 2.75) is 38.0 Å². The van der Waals surface area contributed by atoms with Gasteiger partial charge < -0.3 is 20.1 Å².